The first-order valence-corrected chi connectivity index (χ1v) is 8.10. The highest BCUT2D eigenvalue weighted by Crippen LogP contribution is 2.19. The smallest absolute Gasteiger partial charge is 0.335 e. The molecule has 0 bridgehead atoms. The molecule has 0 aromatic heterocycles. The van der Waals surface area contributed by atoms with Crippen LogP contribution >= 0.6 is 0 Å². The summed E-state index contributed by atoms with van der Waals surface area (Å²) in [5, 5.41) is 0. The maximum absolute atomic E-state index is 11.3. The minimum atomic E-state index is -0.469. The molecule has 2 aromatic rings. The van der Waals surface area contributed by atoms with Crippen molar-refractivity contribution < 1.29 is 9.53 Å². The van der Waals surface area contributed by atoms with E-state index in [1.54, 1.807) is 6.07 Å². The monoisotopic (exact) mass is 328 g/mol. The Morgan fingerprint density at radius 1 is 1.04 bits per heavy atom. The number of carbonyl (C=O) groups is 1. The summed E-state index contributed by atoms with van der Waals surface area (Å²) in [6, 6.07) is 11.5. The van der Waals surface area contributed by atoms with E-state index in [9.17, 15) is 4.79 Å². The molecule has 25 heavy (non-hydrogen) atoms. The summed E-state index contributed by atoms with van der Waals surface area (Å²) in [5.41, 5.74) is 4.82. The second kappa shape index (κ2) is 8.57. The number of benzene rings is 2. The molecule has 0 aliphatic heterocycles. The van der Waals surface area contributed by atoms with Gasteiger partial charge >= 0.3 is 5.97 Å². The van der Waals surface area contributed by atoms with Crippen LogP contribution < -0.4 is 4.74 Å². The first kappa shape index (κ1) is 18.1. The fourth-order valence-corrected chi connectivity index (χ4v) is 2.20. The predicted octanol–water partition coefficient (Wildman–Crippen LogP) is 4.56. The van der Waals surface area contributed by atoms with Gasteiger partial charge in [0.05, 0.1) is 0 Å². The summed E-state index contributed by atoms with van der Waals surface area (Å²) in [7, 11) is 0. The van der Waals surface area contributed by atoms with Crippen LogP contribution in [0.3, 0.4) is 0 Å². The van der Waals surface area contributed by atoms with Gasteiger partial charge in [0, 0.05) is 29.2 Å². The lowest BCUT2D eigenvalue weighted by Gasteiger charge is -2.05. The standard InChI is InChI=1S/C23H20O2/c1-5-7-8-21-13-11-19(15-17(21)3)9-10-20-12-14-22(18(4)16-20)25-23(24)6-2/h6,11-16H,2,5H2,1,3-4H3. The normalized spacial score (nSPS) is 9.24. The lowest BCUT2D eigenvalue weighted by atomic mass is 10.0. The van der Waals surface area contributed by atoms with E-state index in [1.165, 1.54) is 0 Å². The number of aryl methyl sites for hydroxylation is 2. The summed E-state index contributed by atoms with van der Waals surface area (Å²) in [6.07, 6.45) is 1.99. The summed E-state index contributed by atoms with van der Waals surface area (Å²) < 4.78 is 5.16. The maximum atomic E-state index is 11.3. The van der Waals surface area contributed by atoms with Crippen molar-refractivity contribution in [3.8, 4) is 29.4 Å². The third-order valence-electron chi connectivity index (χ3n) is 3.53. The van der Waals surface area contributed by atoms with E-state index in [-0.39, 0.29) is 0 Å². The third-order valence-corrected chi connectivity index (χ3v) is 3.53. The topological polar surface area (TPSA) is 26.3 Å². The number of carbonyl (C=O) groups excluding carboxylic acids is 1. The summed E-state index contributed by atoms with van der Waals surface area (Å²) >= 11 is 0. The molecule has 0 saturated carbocycles. The molecule has 2 rings (SSSR count). The first-order valence-electron chi connectivity index (χ1n) is 8.10. The highest BCUT2D eigenvalue weighted by Gasteiger charge is 2.04. The molecule has 2 nitrogen and oxygen atoms in total. The molecule has 0 aliphatic carbocycles. The van der Waals surface area contributed by atoms with E-state index in [2.05, 4.69) is 30.3 Å². The van der Waals surface area contributed by atoms with Crippen LogP contribution in [0.25, 0.3) is 0 Å². The predicted molar refractivity (Wildman–Crippen MR) is 101 cm³/mol. The van der Waals surface area contributed by atoms with Crippen LogP contribution in [0.2, 0.25) is 0 Å². The van der Waals surface area contributed by atoms with Gasteiger partial charge in [0.15, 0.2) is 0 Å². The van der Waals surface area contributed by atoms with E-state index in [0.717, 1.165) is 40.3 Å². The zero-order valence-corrected chi connectivity index (χ0v) is 14.8. The fourth-order valence-electron chi connectivity index (χ4n) is 2.20. The van der Waals surface area contributed by atoms with E-state index < -0.39 is 5.97 Å². The molecule has 0 saturated heterocycles. The van der Waals surface area contributed by atoms with E-state index in [1.807, 2.05) is 51.1 Å². The van der Waals surface area contributed by atoms with Crippen LogP contribution in [0.15, 0.2) is 49.1 Å². The Labute approximate surface area is 149 Å². The number of hydrogen-bond acceptors (Lipinski definition) is 2. The molecular formula is C23H20O2. The molecule has 124 valence electrons. The molecule has 0 unspecified atom stereocenters. The van der Waals surface area contributed by atoms with Gasteiger partial charge in [0.2, 0.25) is 0 Å². The molecule has 2 aromatic carbocycles. The zero-order chi connectivity index (χ0) is 18.2. The van der Waals surface area contributed by atoms with Gasteiger partial charge in [0.1, 0.15) is 5.75 Å². The minimum absolute atomic E-state index is 0.469. The molecule has 0 spiro atoms. The average Bonchev–Trinajstić information content (AvgIpc) is 2.61. The molecule has 0 amide bonds. The second-order valence-electron chi connectivity index (χ2n) is 5.54. The van der Waals surface area contributed by atoms with Crippen LogP contribution in [-0.4, -0.2) is 5.97 Å². The lowest BCUT2D eigenvalue weighted by molar-refractivity contribution is -0.129. The molecule has 0 heterocycles. The first-order chi connectivity index (χ1) is 12.0. The van der Waals surface area contributed by atoms with Crippen LogP contribution in [0.1, 0.15) is 41.2 Å². The van der Waals surface area contributed by atoms with Crippen molar-refractivity contribution in [2.75, 3.05) is 0 Å². The molecule has 2 heteroatoms. The lowest BCUT2D eigenvalue weighted by Crippen LogP contribution is -2.04. The van der Waals surface area contributed by atoms with Gasteiger partial charge in [-0.25, -0.2) is 4.79 Å². The van der Waals surface area contributed by atoms with Crippen molar-refractivity contribution in [3.63, 3.8) is 0 Å². The van der Waals surface area contributed by atoms with Crippen LogP contribution in [0.4, 0.5) is 0 Å². The average molecular weight is 328 g/mol. The molecule has 0 fully saturated rings. The number of hydrogen-bond donors (Lipinski definition) is 0. The van der Waals surface area contributed by atoms with Crippen molar-refractivity contribution in [1.82, 2.24) is 0 Å². The van der Waals surface area contributed by atoms with Crippen LogP contribution in [0.5, 0.6) is 5.75 Å². The Hall–Kier alpha value is -3.23. The Kier molecular flexibility index (Phi) is 6.21. The summed E-state index contributed by atoms with van der Waals surface area (Å²) in [5.74, 6) is 12.6. The fraction of sp³-hybridized carbons (Fsp3) is 0.174. The Morgan fingerprint density at radius 2 is 1.68 bits per heavy atom. The van der Waals surface area contributed by atoms with Crippen molar-refractivity contribution in [2.24, 2.45) is 0 Å². The van der Waals surface area contributed by atoms with Crippen molar-refractivity contribution in [3.05, 3.63) is 76.9 Å². The van der Waals surface area contributed by atoms with E-state index in [0.29, 0.717) is 5.75 Å². The zero-order valence-electron chi connectivity index (χ0n) is 14.8. The van der Waals surface area contributed by atoms with Crippen LogP contribution in [-0.2, 0) is 4.79 Å². The SMILES string of the molecule is C=CC(=O)Oc1ccc(C#Cc2ccc(C#CCC)c(C)c2)cc1C. The number of rotatable bonds is 2. The number of esters is 1. The summed E-state index contributed by atoms with van der Waals surface area (Å²) in [6.45, 7) is 9.34. The third kappa shape index (κ3) is 5.13. The van der Waals surface area contributed by atoms with Crippen molar-refractivity contribution in [1.29, 1.82) is 0 Å². The van der Waals surface area contributed by atoms with Crippen molar-refractivity contribution in [2.45, 2.75) is 27.2 Å². The Balaban J connectivity index is 2.21. The Bertz CT molecular complexity index is 928. The van der Waals surface area contributed by atoms with Gasteiger partial charge in [0.25, 0.3) is 0 Å². The quantitative estimate of drug-likeness (QED) is 0.350. The molecule has 0 radical (unpaired) electrons. The number of ether oxygens (including phenoxy) is 1. The van der Waals surface area contributed by atoms with Gasteiger partial charge in [-0.2, -0.15) is 0 Å². The highest BCUT2D eigenvalue weighted by molar-refractivity contribution is 5.83. The largest absolute Gasteiger partial charge is 0.423 e. The Morgan fingerprint density at radius 3 is 2.24 bits per heavy atom. The van der Waals surface area contributed by atoms with Gasteiger partial charge in [-0.3, -0.25) is 0 Å². The molecule has 0 N–H and O–H groups in total. The van der Waals surface area contributed by atoms with Crippen LogP contribution in [0, 0.1) is 37.5 Å². The van der Waals surface area contributed by atoms with Gasteiger partial charge in [-0.05, 0) is 61.4 Å². The van der Waals surface area contributed by atoms with Gasteiger partial charge in [-0.1, -0.05) is 37.2 Å². The minimum Gasteiger partial charge on any atom is -0.423 e. The molecule has 0 atom stereocenters. The molecule has 0 aliphatic rings. The van der Waals surface area contributed by atoms with E-state index >= 15 is 0 Å². The summed E-state index contributed by atoms with van der Waals surface area (Å²) in [4.78, 5) is 11.3. The molecular weight excluding hydrogens is 308 g/mol. The van der Waals surface area contributed by atoms with E-state index in [4.69, 9.17) is 4.74 Å². The van der Waals surface area contributed by atoms with Gasteiger partial charge < -0.3 is 4.74 Å². The maximum Gasteiger partial charge on any atom is 0.335 e. The van der Waals surface area contributed by atoms with Crippen molar-refractivity contribution >= 4 is 5.97 Å². The highest BCUT2D eigenvalue weighted by atomic mass is 16.5. The van der Waals surface area contributed by atoms with Gasteiger partial charge in [-0.15, -0.1) is 0 Å². The second-order valence-corrected chi connectivity index (χ2v) is 5.54.